The van der Waals surface area contributed by atoms with E-state index in [0.717, 1.165) is 43.4 Å². The molecule has 31 heavy (non-hydrogen) atoms. The highest BCUT2D eigenvalue weighted by atomic mass is 16.5. The number of amides is 2. The smallest absolute Gasteiger partial charge is 0.255 e. The number of fused-ring (bicyclic) bond motifs is 1. The van der Waals surface area contributed by atoms with E-state index in [1.807, 2.05) is 12.1 Å². The van der Waals surface area contributed by atoms with Crippen LogP contribution in [-0.4, -0.2) is 54.8 Å². The van der Waals surface area contributed by atoms with Gasteiger partial charge in [-0.3, -0.25) is 9.59 Å². The van der Waals surface area contributed by atoms with Crippen molar-refractivity contribution in [3.8, 4) is 5.75 Å². The van der Waals surface area contributed by atoms with Crippen LogP contribution >= 0.6 is 0 Å². The van der Waals surface area contributed by atoms with E-state index in [2.05, 4.69) is 24.5 Å². The Balaban J connectivity index is 1.72. The average Bonchev–Trinajstić information content (AvgIpc) is 3.08. The molecule has 1 heterocycles. The largest absolute Gasteiger partial charge is 0.489 e. The van der Waals surface area contributed by atoms with Crippen LogP contribution in [0, 0.1) is 5.92 Å². The Labute approximate surface area is 184 Å². The van der Waals surface area contributed by atoms with E-state index in [1.165, 1.54) is 6.42 Å². The predicted molar refractivity (Wildman–Crippen MR) is 119 cm³/mol. The highest BCUT2D eigenvalue weighted by Crippen LogP contribution is 2.31. The lowest BCUT2D eigenvalue weighted by atomic mass is 9.92. The maximum atomic E-state index is 12.9. The summed E-state index contributed by atoms with van der Waals surface area (Å²) in [5.74, 6) is 0.934. The third-order valence-electron chi connectivity index (χ3n) is 6.17. The molecule has 0 saturated heterocycles. The minimum atomic E-state index is -0.651. The Morgan fingerprint density at radius 3 is 2.77 bits per heavy atom. The van der Waals surface area contributed by atoms with E-state index in [4.69, 9.17) is 4.74 Å². The van der Waals surface area contributed by atoms with Gasteiger partial charge in [0, 0.05) is 31.6 Å². The Morgan fingerprint density at radius 1 is 1.29 bits per heavy atom. The molecule has 0 bridgehead atoms. The molecule has 1 fully saturated rings. The molecule has 7 heteroatoms. The first-order chi connectivity index (χ1) is 14.9. The number of hydrogen-bond donors (Lipinski definition) is 2. The molecule has 3 rings (SSSR count). The zero-order valence-electron chi connectivity index (χ0n) is 18.9. The lowest BCUT2D eigenvalue weighted by molar-refractivity contribution is -0.125. The maximum Gasteiger partial charge on any atom is 0.255 e. The second-order valence-electron chi connectivity index (χ2n) is 8.98. The van der Waals surface area contributed by atoms with Crippen LogP contribution in [0.15, 0.2) is 18.2 Å². The van der Waals surface area contributed by atoms with Gasteiger partial charge in [0.1, 0.15) is 24.2 Å². The third-order valence-corrected chi connectivity index (χ3v) is 6.17. The van der Waals surface area contributed by atoms with Gasteiger partial charge in [0.15, 0.2) is 0 Å². The molecule has 3 atom stereocenters. The molecule has 3 unspecified atom stereocenters. The van der Waals surface area contributed by atoms with Gasteiger partial charge in [-0.2, -0.15) is 0 Å². The van der Waals surface area contributed by atoms with Crippen LogP contribution in [0.3, 0.4) is 0 Å². The van der Waals surface area contributed by atoms with Crippen molar-refractivity contribution in [1.29, 1.82) is 0 Å². The van der Waals surface area contributed by atoms with Crippen molar-refractivity contribution in [1.82, 2.24) is 15.5 Å². The molecule has 1 aliphatic heterocycles. The van der Waals surface area contributed by atoms with E-state index < -0.39 is 6.04 Å². The molecule has 2 amide bonds. The second kappa shape index (κ2) is 10.8. The molecule has 2 N–H and O–H groups in total. The van der Waals surface area contributed by atoms with Gasteiger partial charge >= 0.3 is 0 Å². The van der Waals surface area contributed by atoms with Crippen LogP contribution in [0.5, 0.6) is 5.75 Å². The summed E-state index contributed by atoms with van der Waals surface area (Å²) in [4.78, 5) is 37.6. The van der Waals surface area contributed by atoms with Gasteiger partial charge in [-0.15, -0.1) is 0 Å². The summed E-state index contributed by atoms with van der Waals surface area (Å²) in [5, 5.41) is 6.26. The molecular weight excluding hydrogens is 394 g/mol. The summed E-state index contributed by atoms with van der Waals surface area (Å²) in [5.41, 5.74) is 1.47. The Kier molecular flexibility index (Phi) is 8.07. The van der Waals surface area contributed by atoms with Crippen LogP contribution in [0.2, 0.25) is 0 Å². The zero-order valence-corrected chi connectivity index (χ0v) is 18.9. The molecular formula is C24H35N3O4. The molecule has 0 radical (unpaired) electrons. The number of nitrogens with zero attached hydrogens (tertiary/aromatic N) is 1. The number of aldehydes is 1. The van der Waals surface area contributed by atoms with Crippen molar-refractivity contribution in [2.75, 3.05) is 13.6 Å². The Hall–Kier alpha value is -2.41. The van der Waals surface area contributed by atoms with Crippen LogP contribution in [-0.2, 0) is 16.1 Å². The van der Waals surface area contributed by atoms with Crippen molar-refractivity contribution >= 4 is 18.1 Å². The molecule has 0 aromatic heterocycles. The van der Waals surface area contributed by atoms with Crippen molar-refractivity contribution < 1.29 is 19.1 Å². The van der Waals surface area contributed by atoms with Gasteiger partial charge in [-0.25, -0.2) is 0 Å². The molecule has 1 aromatic rings. The highest BCUT2D eigenvalue weighted by Gasteiger charge is 2.36. The number of hydrogen-bond acceptors (Lipinski definition) is 5. The Bertz CT molecular complexity index is 795. The first kappa shape index (κ1) is 23.3. The summed E-state index contributed by atoms with van der Waals surface area (Å²) in [6.07, 6.45) is 5.95. The van der Waals surface area contributed by atoms with Crippen LogP contribution in [0.4, 0.5) is 0 Å². The predicted octanol–water partition coefficient (Wildman–Crippen LogP) is 2.67. The van der Waals surface area contributed by atoms with Gasteiger partial charge in [-0.05, 0) is 61.9 Å². The van der Waals surface area contributed by atoms with Crippen molar-refractivity contribution in [2.45, 2.75) is 77.1 Å². The van der Waals surface area contributed by atoms with Crippen LogP contribution in [0.1, 0.15) is 68.3 Å². The van der Waals surface area contributed by atoms with Gasteiger partial charge in [0.25, 0.3) is 5.91 Å². The fraction of sp³-hybridized carbons (Fsp3) is 0.625. The monoisotopic (exact) mass is 429 g/mol. The van der Waals surface area contributed by atoms with E-state index in [1.54, 1.807) is 18.0 Å². The number of rotatable bonds is 10. The number of benzene rings is 1. The number of likely N-dealkylation sites (N-methyl/N-ethyl adjacent to an activating group) is 1. The number of nitrogens with one attached hydrogen (secondary N) is 2. The topological polar surface area (TPSA) is 87.7 Å². The highest BCUT2D eigenvalue weighted by molar-refractivity contribution is 6.01. The van der Waals surface area contributed by atoms with Gasteiger partial charge in [-0.1, -0.05) is 20.3 Å². The van der Waals surface area contributed by atoms with Gasteiger partial charge in [0.05, 0.1) is 0 Å². The molecule has 2 aliphatic rings. The first-order valence-electron chi connectivity index (χ1n) is 11.4. The summed E-state index contributed by atoms with van der Waals surface area (Å²) in [6, 6.07) is 5.27. The second-order valence-corrected chi connectivity index (χ2v) is 8.98. The van der Waals surface area contributed by atoms with Crippen LogP contribution in [0.25, 0.3) is 0 Å². The summed E-state index contributed by atoms with van der Waals surface area (Å²) < 4.78 is 6.37. The minimum Gasteiger partial charge on any atom is -0.489 e. The standard InChI is InChI=1S/C24H35N3O4/c1-16(2)14-26-20-7-4-5-9-22(20)31-18-10-11-19-17(13-18)15-27(24(19)30)21(8-6-12-28)23(29)25-3/h10-13,16,20-22,26H,4-9,14-15H2,1-3H3,(H,25,29). The average molecular weight is 430 g/mol. The lowest BCUT2D eigenvalue weighted by Gasteiger charge is -2.33. The number of carbonyl (C=O) groups is 3. The van der Waals surface area contributed by atoms with Crippen LogP contribution < -0.4 is 15.4 Å². The summed E-state index contributed by atoms with van der Waals surface area (Å²) >= 11 is 0. The number of carbonyl (C=O) groups excluding carboxylic acids is 3. The van der Waals surface area contributed by atoms with E-state index >= 15 is 0 Å². The van der Waals surface area contributed by atoms with E-state index in [9.17, 15) is 14.4 Å². The fourth-order valence-corrected chi connectivity index (χ4v) is 4.50. The molecule has 1 aromatic carbocycles. The molecule has 7 nitrogen and oxygen atoms in total. The third kappa shape index (κ3) is 5.64. The SMILES string of the molecule is CNC(=O)C(CCC=O)N1Cc2cc(OC3CCCCC3NCC(C)C)ccc2C1=O. The minimum absolute atomic E-state index is 0.116. The molecule has 0 spiro atoms. The summed E-state index contributed by atoms with van der Waals surface area (Å²) in [7, 11) is 1.55. The van der Waals surface area contributed by atoms with Crippen molar-refractivity contribution in [2.24, 2.45) is 5.92 Å². The first-order valence-corrected chi connectivity index (χ1v) is 11.4. The molecule has 1 aliphatic carbocycles. The van der Waals surface area contributed by atoms with Gasteiger partial charge < -0.3 is 25.1 Å². The molecule has 170 valence electrons. The Morgan fingerprint density at radius 2 is 2.06 bits per heavy atom. The van der Waals surface area contributed by atoms with E-state index in [0.29, 0.717) is 30.5 Å². The van der Waals surface area contributed by atoms with Crippen molar-refractivity contribution in [3.63, 3.8) is 0 Å². The van der Waals surface area contributed by atoms with E-state index in [-0.39, 0.29) is 24.3 Å². The quantitative estimate of drug-likeness (QED) is 0.559. The fourth-order valence-electron chi connectivity index (χ4n) is 4.50. The summed E-state index contributed by atoms with van der Waals surface area (Å²) in [6.45, 7) is 5.73. The maximum absolute atomic E-state index is 12.9. The zero-order chi connectivity index (χ0) is 22.4. The normalized spacial score (nSPS) is 21.7. The molecule has 1 saturated carbocycles. The number of ether oxygens (including phenoxy) is 1. The lowest BCUT2D eigenvalue weighted by Crippen LogP contribution is -2.46. The van der Waals surface area contributed by atoms with Gasteiger partial charge in [0.2, 0.25) is 5.91 Å². The van der Waals surface area contributed by atoms with Crippen molar-refractivity contribution in [3.05, 3.63) is 29.3 Å².